The topological polar surface area (TPSA) is 55.6 Å². The van der Waals surface area contributed by atoms with Crippen LogP contribution < -0.4 is 5.32 Å². The Bertz CT molecular complexity index is 797. The van der Waals surface area contributed by atoms with Crippen molar-refractivity contribution in [3.63, 3.8) is 0 Å². The summed E-state index contributed by atoms with van der Waals surface area (Å²) in [4.78, 5) is 12.8. The van der Waals surface area contributed by atoms with Gasteiger partial charge in [-0.3, -0.25) is 0 Å². The van der Waals surface area contributed by atoms with E-state index in [9.17, 15) is 0 Å². The van der Waals surface area contributed by atoms with Crippen molar-refractivity contribution in [1.29, 1.82) is 0 Å². The quantitative estimate of drug-likeness (QED) is 0.692. The van der Waals surface area contributed by atoms with E-state index in [4.69, 9.17) is 11.6 Å². The van der Waals surface area contributed by atoms with E-state index in [0.717, 1.165) is 30.2 Å². The summed E-state index contributed by atoms with van der Waals surface area (Å²) in [5.74, 6) is 1.55. The van der Waals surface area contributed by atoms with Crippen molar-refractivity contribution in [3.8, 4) is 0 Å². The normalized spacial score (nSPS) is 10.8. The molecule has 0 aliphatic heterocycles. The van der Waals surface area contributed by atoms with Crippen LogP contribution in [0.5, 0.6) is 0 Å². The van der Waals surface area contributed by atoms with Gasteiger partial charge in [0.1, 0.15) is 16.8 Å². The summed E-state index contributed by atoms with van der Waals surface area (Å²) >= 11 is 6.17. The van der Waals surface area contributed by atoms with Gasteiger partial charge in [-0.2, -0.15) is 0 Å². The number of benzene rings is 1. The maximum atomic E-state index is 6.17. The molecule has 24 heavy (non-hydrogen) atoms. The number of aromatic nitrogens is 4. The molecule has 0 amide bonds. The maximum Gasteiger partial charge on any atom is 0.137 e. The van der Waals surface area contributed by atoms with Gasteiger partial charge in [-0.1, -0.05) is 42.8 Å². The molecular formula is C18H20ClN5. The molecule has 6 heteroatoms. The minimum absolute atomic E-state index is 0.514. The lowest BCUT2D eigenvalue weighted by molar-refractivity contribution is 0.797. The maximum absolute atomic E-state index is 6.17. The molecule has 5 nitrogen and oxygen atoms in total. The Morgan fingerprint density at radius 2 is 1.88 bits per heavy atom. The highest BCUT2D eigenvalue weighted by Crippen LogP contribution is 2.20. The van der Waals surface area contributed by atoms with Crippen LogP contribution in [0.1, 0.15) is 29.4 Å². The Hall–Kier alpha value is -2.40. The van der Waals surface area contributed by atoms with Gasteiger partial charge in [0.25, 0.3) is 0 Å². The number of hydrogen-bond donors (Lipinski definition) is 1. The SMILES string of the molecule is CCc1nc(Cl)c(C)c(NCc2ccc(Cn3ccnc3)cc2)n1. The summed E-state index contributed by atoms with van der Waals surface area (Å²) in [7, 11) is 0. The molecule has 0 unspecified atom stereocenters. The van der Waals surface area contributed by atoms with Crippen LogP contribution in [-0.2, 0) is 19.5 Å². The van der Waals surface area contributed by atoms with Gasteiger partial charge in [-0.15, -0.1) is 0 Å². The molecule has 0 saturated carbocycles. The molecule has 0 spiro atoms. The van der Waals surface area contributed by atoms with Crippen molar-refractivity contribution in [2.75, 3.05) is 5.32 Å². The summed E-state index contributed by atoms with van der Waals surface area (Å²) in [6, 6.07) is 8.51. The third kappa shape index (κ3) is 3.92. The number of halogens is 1. The first-order chi connectivity index (χ1) is 11.7. The van der Waals surface area contributed by atoms with Crippen LogP contribution in [0.25, 0.3) is 0 Å². The molecule has 0 aliphatic rings. The highest BCUT2D eigenvalue weighted by Gasteiger charge is 2.08. The molecule has 1 N–H and O–H groups in total. The van der Waals surface area contributed by atoms with Gasteiger partial charge < -0.3 is 9.88 Å². The van der Waals surface area contributed by atoms with Crippen molar-refractivity contribution < 1.29 is 0 Å². The molecule has 2 heterocycles. The number of rotatable bonds is 6. The molecule has 0 radical (unpaired) electrons. The monoisotopic (exact) mass is 341 g/mol. The number of hydrogen-bond acceptors (Lipinski definition) is 4. The Balaban J connectivity index is 1.65. The molecular weight excluding hydrogens is 322 g/mol. The van der Waals surface area contributed by atoms with Gasteiger partial charge in [0.2, 0.25) is 0 Å². The summed E-state index contributed by atoms with van der Waals surface area (Å²) in [5, 5.41) is 3.87. The van der Waals surface area contributed by atoms with Crippen LogP contribution in [0.3, 0.4) is 0 Å². The molecule has 0 fully saturated rings. The molecule has 2 aromatic heterocycles. The van der Waals surface area contributed by atoms with Crippen LogP contribution >= 0.6 is 11.6 Å². The van der Waals surface area contributed by atoms with Gasteiger partial charge in [-0.05, 0) is 18.1 Å². The van der Waals surface area contributed by atoms with Crippen LogP contribution in [-0.4, -0.2) is 19.5 Å². The first-order valence-corrected chi connectivity index (χ1v) is 8.34. The van der Waals surface area contributed by atoms with Crippen molar-refractivity contribution >= 4 is 17.4 Å². The fraction of sp³-hybridized carbons (Fsp3) is 0.278. The molecule has 0 bridgehead atoms. The van der Waals surface area contributed by atoms with E-state index in [1.54, 1.807) is 6.20 Å². The Morgan fingerprint density at radius 1 is 1.12 bits per heavy atom. The van der Waals surface area contributed by atoms with Crippen LogP contribution in [0, 0.1) is 6.92 Å². The number of nitrogens with zero attached hydrogens (tertiary/aromatic N) is 4. The first-order valence-electron chi connectivity index (χ1n) is 7.96. The Morgan fingerprint density at radius 3 is 2.54 bits per heavy atom. The van der Waals surface area contributed by atoms with Gasteiger partial charge in [0, 0.05) is 37.5 Å². The molecule has 0 atom stereocenters. The zero-order valence-electron chi connectivity index (χ0n) is 13.8. The smallest absolute Gasteiger partial charge is 0.137 e. The summed E-state index contributed by atoms with van der Waals surface area (Å²) in [6.07, 6.45) is 6.33. The zero-order valence-corrected chi connectivity index (χ0v) is 14.6. The van der Waals surface area contributed by atoms with E-state index in [-0.39, 0.29) is 0 Å². The number of aryl methyl sites for hydroxylation is 1. The van der Waals surface area contributed by atoms with Crippen molar-refractivity contribution in [1.82, 2.24) is 19.5 Å². The molecule has 3 aromatic rings. The Kier molecular flexibility index (Phi) is 5.11. The molecule has 124 valence electrons. The highest BCUT2D eigenvalue weighted by atomic mass is 35.5. The van der Waals surface area contributed by atoms with Crippen LogP contribution in [0.15, 0.2) is 43.0 Å². The van der Waals surface area contributed by atoms with Gasteiger partial charge in [-0.25, -0.2) is 15.0 Å². The third-order valence-corrected chi connectivity index (χ3v) is 4.22. The number of anilines is 1. The second-order valence-corrected chi connectivity index (χ2v) is 6.02. The Labute approximate surface area is 146 Å². The molecule has 0 saturated heterocycles. The third-order valence-electron chi connectivity index (χ3n) is 3.86. The van der Waals surface area contributed by atoms with Crippen molar-refractivity contribution in [2.45, 2.75) is 33.4 Å². The number of nitrogens with one attached hydrogen (secondary N) is 1. The second kappa shape index (κ2) is 7.45. The fourth-order valence-electron chi connectivity index (χ4n) is 2.40. The van der Waals surface area contributed by atoms with Crippen LogP contribution in [0.2, 0.25) is 5.15 Å². The minimum Gasteiger partial charge on any atom is -0.366 e. The summed E-state index contributed by atoms with van der Waals surface area (Å²) < 4.78 is 2.05. The van der Waals surface area contributed by atoms with Gasteiger partial charge in [0.15, 0.2) is 0 Å². The van der Waals surface area contributed by atoms with E-state index in [1.807, 2.05) is 30.9 Å². The van der Waals surface area contributed by atoms with E-state index < -0.39 is 0 Å². The van der Waals surface area contributed by atoms with Crippen LogP contribution in [0.4, 0.5) is 5.82 Å². The molecule has 3 rings (SSSR count). The van der Waals surface area contributed by atoms with E-state index in [2.05, 4.69) is 44.5 Å². The lowest BCUT2D eigenvalue weighted by atomic mass is 10.1. The van der Waals surface area contributed by atoms with Crippen molar-refractivity contribution in [3.05, 3.63) is 70.7 Å². The predicted octanol–water partition coefficient (Wildman–Crippen LogP) is 3.86. The second-order valence-electron chi connectivity index (χ2n) is 5.66. The lowest BCUT2D eigenvalue weighted by Crippen LogP contribution is -2.07. The van der Waals surface area contributed by atoms with Crippen molar-refractivity contribution in [2.24, 2.45) is 0 Å². The van der Waals surface area contributed by atoms with E-state index >= 15 is 0 Å². The molecule has 1 aromatic carbocycles. The fourth-order valence-corrected chi connectivity index (χ4v) is 2.59. The molecule has 0 aliphatic carbocycles. The predicted molar refractivity (Wildman–Crippen MR) is 96.3 cm³/mol. The van der Waals surface area contributed by atoms with E-state index in [0.29, 0.717) is 11.7 Å². The highest BCUT2D eigenvalue weighted by molar-refractivity contribution is 6.30. The lowest BCUT2D eigenvalue weighted by Gasteiger charge is -2.11. The average molecular weight is 342 g/mol. The zero-order chi connectivity index (χ0) is 16.9. The van der Waals surface area contributed by atoms with Gasteiger partial charge >= 0.3 is 0 Å². The van der Waals surface area contributed by atoms with E-state index in [1.165, 1.54) is 11.1 Å². The van der Waals surface area contributed by atoms with Gasteiger partial charge in [0.05, 0.1) is 6.33 Å². The number of imidazole rings is 1. The summed E-state index contributed by atoms with van der Waals surface area (Å²) in [6.45, 7) is 5.47. The largest absolute Gasteiger partial charge is 0.366 e. The standard InChI is InChI=1S/C18H20ClN5/c1-3-16-22-17(19)13(2)18(23-16)21-10-14-4-6-15(7-5-14)11-24-9-8-20-12-24/h4-9,12H,3,10-11H2,1-2H3,(H,21,22,23). The minimum atomic E-state index is 0.514. The first kappa shape index (κ1) is 16.5. The summed E-state index contributed by atoms with van der Waals surface area (Å²) in [5.41, 5.74) is 3.31. The average Bonchev–Trinajstić information content (AvgIpc) is 3.10.